The lowest BCUT2D eigenvalue weighted by molar-refractivity contribution is -0.131. The summed E-state index contributed by atoms with van der Waals surface area (Å²) >= 11 is 0. The van der Waals surface area contributed by atoms with E-state index in [1.165, 1.54) is 12.1 Å². The number of likely N-dealkylation sites (tertiary alicyclic amines) is 1. The Labute approximate surface area is 137 Å². The zero-order valence-electron chi connectivity index (χ0n) is 13.9. The van der Waals surface area contributed by atoms with Crippen molar-refractivity contribution >= 4 is 5.91 Å². The van der Waals surface area contributed by atoms with Gasteiger partial charge >= 0.3 is 0 Å². The average Bonchev–Trinajstić information content (AvgIpc) is 2.66. The molecule has 2 atom stereocenters. The van der Waals surface area contributed by atoms with Crippen LogP contribution < -0.4 is 0 Å². The second kappa shape index (κ2) is 6.57. The van der Waals surface area contributed by atoms with E-state index in [9.17, 15) is 9.18 Å². The van der Waals surface area contributed by atoms with Crippen LogP contribution in [-0.4, -0.2) is 62.1 Å². The van der Waals surface area contributed by atoms with Gasteiger partial charge in [-0.15, -0.1) is 0 Å². The van der Waals surface area contributed by atoms with Gasteiger partial charge < -0.3 is 14.5 Å². The van der Waals surface area contributed by atoms with Crippen molar-refractivity contribution in [2.24, 2.45) is 11.3 Å². The molecule has 2 fully saturated rings. The molecule has 4 nitrogen and oxygen atoms in total. The predicted octanol–water partition coefficient (Wildman–Crippen LogP) is 1.79. The number of rotatable bonds is 2. The van der Waals surface area contributed by atoms with Crippen molar-refractivity contribution < 1.29 is 13.9 Å². The zero-order valence-corrected chi connectivity index (χ0v) is 13.9. The molecule has 0 N–H and O–H groups in total. The quantitative estimate of drug-likeness (QED) is 0.833. The molecule has 0 aromatic heterocycles. The third kappa shape index (κ3) is 3.56. The summed E-state index contributed by atoms with van der Waals surface area (Å²) in [4.78, 5) is 16.9. The molecule has 23 heavy (non-hydrogen) atoms. The van der Waals surface area contributed by atoms with Crippen LogP contribution in [0.5, 0.6) is 0 Å². The third-order valence-electron chi connectivity index (χ3n) is 5.21. The van der Waals surface area contributed by atoms with Crippen LogP contribution in [-0.2, 0) is 16.0 Å². The van der Waals surface area contributed by atoms with Gasteiger partial charge in [-0.25, -0.2) is 4.39 Å². The summed E-state index contributed by atoms with van der Waals surface area (Å²) in [5.41, 5.74) is 0.744. The van der Waals surface area contributed by atoms with E-state index in [1.54, 1.807) is 12.1 Å². The lowest BCUT2D eigenvalue weighted by Gasteiger charge is -2.35. The number of ether oxygens (including phenoxy) is 1. The highest BCUT2D eigenvalue weighted by atomic mass is 19.1. The topological polar surface area (TPSA) is 32.8 Å². The molecule has 0 saturated carbocycles. The fourth-order valence-corrected chi connectivity index (χ4v) is 3.91. The molecule has 2 aliphatic heterocycles. The van der Waals surface area contributed by atoms with Crippen LogP contribution in [0.25, 0.3) is 0 Å². The molecule has 126 valence electrons. The summed E-state index contributed by atoms with van der Waals surface area (Å²) in [6.45, 7) is 6.87. The molecule has 2 heterocycles. The van der Waals surface area contributed by atoms with E-state index < -0.39 is 0 Å². The van der Waals surface area contributed by atoms with Crippen LogP contribution in [0.2, 0.25) is 0 Å². The number of carbonyl (C=O) groups excluding carboxylic acids is 1. The third-order valence-corrected chi connectivity index (χ3v) is 5.21. The van der Waals surface area contributed by atoms with Gasteiger partial charge in [0.2, 0.25) is 5.91 Å². The number of nitrogens with zero attached hydrogens (tertiary/aromatic N) is 2. The highest BCUT2D eigenvalue weighted by Gasteiger charge is 2.46. The van der Waals surface area contributed by atoms with Gasteiger partial charge in [-0.3, -0.25) is 4.79 Å². The first kappa shape index (κ1) is 16.4. The molecule has 2 aliphatic rings. The smallest absolute Gasteiger partial charge is 0.227 e. The van der Waals surface area contributed by atoms with E-state index in [-0.39, 0.29) is 23.6 Å². The summed E-state index contributed by atoms with van der Waals surface area (Å²) in [5, 5.41) is 0. The van der Waals surface area contributed by atoms with Crippen molar-refractivity contribution in [3.8, 4) is 0 Å². The first-order chi connectivity index (χ1) is 11.0. The van der Waals surface area contributed by atoms with E-state index >= 15 is 0 Å². The number of hydrogen-bond donors (Lipinski definition) is 0. The minimum Gasteiger partial charge on any atom is -0.379 e. The fourth-order valence-electron chi connectivity index (χ4n) is 3.91. The SMILES string of the molecule is C[C@@H]1CN(C)C[C@]12COCCN(C(=O)Cc1cccc(F)c1)C2. The van der Waals surface area contributed by atoms with Gasteiger partial charge in [-0.1, -0.05) is 19.1 Å². The number of halogens is 1. The molecule has 0 unspecified atom stereocenters. The van der Waals surface area contributed by atoms with Gasteiger partial charge in [-0.05, 0) is 30.7 Å². The summed E-state index contributed by atoms with van der Waals surface area (Å²) in [5.74, 6) is 0.259. The maximum Gasteiger partial charge on any atom is 0.227 e. The minimum atomic E-state index is -0.294. The number of hydrogen-bond acceptors (Lipinski definition) is 3. The van der Waals surface area contributed by atoms with Gasteiger partial charge in [0, 0.05) is 31.6 Å². The number of amides is 1. The molecule has 1 spiro atoms. The molecule has 1 amide bonds. The van der Waals surface area contributed by atoms with Crippen LogP contribution in [0.1, 0.15) is 12.5 Å². The van der Waals surface area contributed by atoms with Crippen molar-refractivity contribution in [3.05, 3.63) is 35.6 Å². The monoisotopic (exact) mass is 320 g/mol. The summed E-state index contributed by atoms with van der Waals surface area (Å²) in [6, 6.07) is 6.29. The minimum absolute atomic E-state index is 0.0167. The standard InChI is InChI=1S/C18H25FN2O2/c1-14-10-20(2)11-18(14)12-21(6-7-23-13-18)17(22)9-15-4-3-5-16(19)8-15/h3-5,8,14H,6-7,9-13H2,1-2H3/t14-,18+/m1/s1. The molecule has 0 radical (unpaired) electrons. The normalized spacial score (nSPS) is 29.0. The van der Waals surface area contributed by atoms with E-state index in [0.29, 0.717) is 25.7 Å². The summed E-state index contributed by atoms with van der Waals surface area (Å²) < 4.78 is 19.1. The Morgan fingerprint density at radius 2 is 2.26 bits per heavy atom. The largest absolute Gasteiger partial charge is 0.379 e. The zero-order chi connectivity index (χ0) is 16.4. The first-order valence-corrected chi connectivity index (χ1v) is 8.27. The maximum absolute atomic E-state index is 13.3. The lowest BCUT2D eigenvalue weighted by atomic mass is 9.79. The first-order valence-electron chi connectivity index (χ1n) is 8.27. The highest BCUT2D eigenvalue weighted by Crippen LogP contribution is 2.37. The Morgan fingerprint density at radius 1 is 1.43 bits per heavy atom. The second-order valence-corrected chi connectivity index (χ2v) is 7.13. The average molecular weight is 320 g/mol. The maximum atomic E-state index is 13.3. The molecular weight excluding hydrogens is 295 g/mol. The van der Waals surface area contributed by atoms with Crippen molar-refractivity contribution in [2.45, 2.75) is 13.3 Å². The van der Waals surface area contributed by atoms with Gasteiger partial charge in [-0.2, -0.15) is 0 Å². The second-order valence-electron chi connectivity index (χ2n) is 7.13. The van der Waals surface area contributed by atoms with Crippen LogP contribution >= 0.6 is 0 Å². The highest BCUT2D eigenvalue weighted by molar-refractivity contribution is 5.78. The Morgan fingerprint density at radius 3 is 2.96 bits per heavy atom. The Balaban J connectivity index is 1.72. The summed E-state index contributed by atoms with van der Waals surface area (Å²) in [7, 11) is 2.12. The van der Waals surface area contributed by atoms with Crippen LogP contribution in [0.3, 0.4) is 0 Å². The molecule has 0 aliphatic carbocycles. The number of benzene rings is 1. The van der Waals surface area contributed by atoms with Gasteiger partial charge in [0.1, 0.15) is 5.82 Å². The Kier molecular flexibility index (Phi) is 4.69. The van der Waals surface area contributed by atoms with Gasteiger partial charge in [0.05, 0.1) is 19.6 Å². The molecule has 5 heteroatoms. The van der Waals surface area contributed by atoms with Crippen LogP contribution in [0.4, 0.5) is 4.39 Å². The van der Waals surface area contributed by atoms with Crippen molar-refractivity contribution in [1.29, 1.82) is 0 Å². The van der Waals surface area contributed by atoms with E-state index in [2.05, 4.69) is 18.9 Å². The van der Waals surface area contributed by atoms with E-state index in [0.717, 1.165) is 25.2 Å². The van der Waals surface area contributed by atoms with Crippen LogP contribution in [0.15, 0.2) is 24.3 Å². The van der Waals surface area contributed by atoms with Gasteiger partial charge in [0.15, 0.2) is 0 Å². The molecule has 2 saturated heterocycles. The fraction of sp³-hybridized carbons (Fsp3) is 0.611. The predicted molar refractivity (Wildman–Crippen MR) is 86.6 cm³/mol. The Bertz CT molecular complexity index is 580. The molecule has 0 bridgehead atoms. The molecule has 3 rings (SSSR count). The number of carbonyl (C=O) groups is 1. The van der Waals surface area contributed by atoms with Crippen molar-refractivity contribution in [3.63, 3.8) is 0 Å². The van der Waals surface area contributed by atoms with E-state index in [4.69, 9.17) is 4.74 Å². The molecule has 1 aromatic rings. The Hall–Kier alpha value is -1.46. The van der Waals surface area contributed by atoms with Crippen molar-refractivity contribution in [1.82, 2.24) is 9.80 Å². The lowest BCUT2D eigenvalue weighted by Crippen LogP contribution is -2.46. The van der Waals surface area contributed by atoms with Crippen molar-refractivity contribution in [2.75, 3.05) is 46.4 Å². The molecule has 1 aromatic carbocycles. The van der Waals surface area contributed by atoms with Crippen LogP contribution in [0, 0.1) is 17.2 Å². The van der Waals surface area contributed by atoms with E-state index in [1.807, 2.05) is 4.90 Å². The molecular formula is C18H25FN2O2. The van der Waals surface area contributed by atoms with Gasteiger partial charge in [0.25, 0.3) is 0 Å². The summed E-state index contributed by atoms with van der Waals surface area (Å²) in [6.07, 6.45) is 0.248.